The molecule has 32 heavy (non-hydrogen) atoms. The summed E-state index contributed by atoms with van der Waals surface area (Å²) in [4.78, 5) is 35.9. The number of aryl methyl sites for hydroxylation is 1. The molecule has 9 heteroatoms. The zero-order valence-electron chi connectivity index (χ0n) is 17.9. The van der Waals surface area contributed by atoms with Crippen LogP contribution in [0.3, 0.4) is 0 Å². The molecule has 0 spiro atoms. The van der Waals surface area contributed by atoms with Crippen LogP contribution in [0.25, 0.3) is 0 Å². The molecule has 3 heterocycles. The van der Waals surface area contributed by atoms with Crippen LogP contribution in [0.15, 0.2) is 36.5 Å². The first-order chi connectivity index (χ1) is 15.6. The van der Waals surface area contributed by atoms with Crippen LogP contribution in [0.2, 0.25) is 0 Å². The average Bonchev–Trinajstić information content (AvgIpc) is 2.99. The predicted molar refractivity (Wildman–Crippen MR) is 123 cm³/mol. The molecular weight excluding hydrogens is 428 g/mol. The highest BCUT2D eigenvalue weighted by Crippen LogP contribution is 2.38. The lowest BCUT2D eigenvalue weighted by molar-refractivity contribution is 0.102. The molecule has 3 aromatic rings. The lowest BCUT2D eigenvalue weighted by atomic mass is 10.0. The van der Waals surface area contributed by atoms with E-state index in [9.17, 15) is 9.59 Å². The molecule has 0 saturated heterocycles. The molecule has 2 amide bonds. The number of pyridine rings is 2. The van der Waals surface area contributed by atoms with Crippen molar-refractivity contribution < 1.29 is 19.1 Å². The third kappa shape index (κ3) is 4.57. The van der Waals surface area contributed by atoms with Gasteiger partial charge in [0.2, 0.25) is 11.8 Å². The van der Waals surface area contributed by atoms with E-state index in [4.69, 9.17) is 9.47 Å². The Bertz CT molecular complexity index is 1130. The van der Waals surface area contributed by atoms with E-state index in [1.807, 2.05) is 6.07 Å². The summed E-state index contributed by atoms with van der Waals surface area (Å²) < 4.78 is 10.4. The number of hydrogen-bond acceptors (Lipinski definition) is 7. The third-order valence-electron chi connectivity index (χ3n) is 5.26. The fraction of sp³-hybridized carbons (Fsp3) is 0.304. The molecule has 8 nitrogen and oxygen atoms in total. The first-order valence-corrected chi connectivity index (χ1v) is 11.2. The maximum Gasteiger partial charge on any atom is 0.261 e. The Morgan fingerprint density at radius 3 is 2.56 bits per heavy atom. The number of fused-ring (bicyclic) bond motifs is 1. The van der Waals surface area contributed by atoms with Crippen molar-refractivity contribution in [2.45, 2.75) is 32.1 Å². The second-order valence-corrected chi connectivity index (χ2v) is 8.41. The summed E-state index contributed by atoms with van der Waals surface area (Å²) in [5.41, 5.74) is 1.77. The van der Waals surface area contributed by atoms with Gasteiger partial charge in [0.1, 0.15) is 16.4 Å². The fourth-order valence-corrected chi connectivity index (χ4v) is 5.00. The van der Waals surface area contributed by atoms with Crippen LogP contribution in [-0.2, 0) is 12.8 Å². The maximum absolute atomic E-state index is 13.3. The van der Waals surface area contributed by atoms with E-state index in [0.717, 1.165) is 42.5 Å². The van der Waals surface area contributed by atoms with Gasteiger partial charge in [-0.05, 0) is 49.4 Å². The van der Waals surface area contributed by atoms with Crippen molar-refractivity contribution in [1.29, 1.82) is 0 Å². The molecule has 0 aliphatic heterocycles. The molecule has 2 N–H and O–H groups in total. The number of hydrogen-bond donors (Lipinski definition) is 2. The number of thiophene rings is 1. The number of nitrogens with one attached hydrogen (secondary N) is 2. The van der Waals surface area contributed by atoms with Crippen LogP contribution in [0.1, 0.15) is 50.4 Å². The number of anilines is 2. The summed E-state index contributed by atoms with van der Waals surface area (Å²) >= 11 is 1.46. The van der Waals surface area contributed by atoms with Gasteiger partial charge in [-0.2, -0.15) is 4.98 Å². The maximum atomic E-state index is 13.3. The standard InChI is InChI=1S/C23H24N4O4S/c1-30-18-12-11-15(22(26-18)31-2)20(28)27-23-19(14-8-4-3-5-9-16(14)32-23)21(29)25-17-10-6-7-13-24-17/h6-7,10-13H,3-5,8-9H2,1-2H3,(H,27,28)(H,24,25,29). The molecule has 0 bridgehead atoms. The number of rotatable bonds is 6. The van der Waals surface area contributed by atoms with Gasteiger partial charge in [0.05, 0.1) is 19.8 Å². The molecule has 0 aromatic carbocycles. The monoisotopic (exact) mass is 452 g/mol. The van der Waals surface area contributed by atoms with Crippen LogP contribution in [0.5, 0.6) is 11.8 Å². The Morgan fingerprint density at radius 2 is 1.81 bits per heavy atom. The normalized spacial score (nSPS) is 12.9. The largest absolute Gasteiger partial charge is 0.481 e. The fourth-order valence-electron chi connectivity index (χ4n) is 3.72. The summed E-state index contributed by atoms with van der Waals surface area (Å²) in [6.45, 7) is 0. The van der Waals surface area contributed by atoms with Crippen molar-refractivity contribution in [1.82, 2.24) is 9.97 Å². The molecule has 0 unspecified atom stereocenters. The summed E-state index contributed by atoms with van der Waals surface area (Å²) in [6.07, 6.45) is 6.53. The van der Waals surface area contributed by atoms with Gasteiger partial charge in [-0.3, -0.25) is 9.59 Å². The second kappa shape index (κ2) is 9.78. The molecular formula is C23H24N4O4S. The summed E-state index contributed by atoms with van der Waals surface area (Å²) in [5.74, 6) is 0.277. The van der Waals surface area contributed by atoms with Crippen molar-refractivity contribution in [3.8, 4) is 11.8 Å². The van der Waals surface area contributed by atoms with E-state index < -0.39 is 5.91 Å². The highest BCUT2D eigenvalue weighted by atomic mass is 32.1. The Kier molecular flexibility index (Phi) is 6.65. The second-order valence-electron chi connectivity index (χ2n) is 7.30. The molecule has 4 rings (SSSR count). The summed E-state index contributed by atoms with van der Waals surface area (Å²) in [7, 11) is 2.93. The van der Waals surface area contributed by atoms with E-state index >= 15 is 0 Å². The predicted octanol–water partition coefficient (Wildman–Crippen LogP) is 4.33. The molecule has 0 radical (unpaired) electrons. The summed E-state index contributed by atoms with van der Waals surface area (Å²) in [6, 6.07) is 8.51. The van der Waals surface area contributed by atoms with E-state index in [0.29, 0.717) is 22.3 Å². The number of aromatic nitrogens is 2. The zero-order valence-corrected chi connectivity index (χ0v) is 18.8. The lowest BCUT2D eigenvalue weighted by Crippen LogP contribution is -2.19. The van der Waals surface area contributed by atoms with Gasteiger partial charge in [-0.25, -0.2) is 4.98 Å². The number of carbonyl (C=O) groups excluding carboxylic acids is 2. The Morgan fingerprint density at radius 1 is 0.969 bits per heavy atom. The molecule has 0 saturated carbocycles. The van der Waals surface area contributed by atoms with Crippen LogP contribution >= 0.6 is 11.3 Å². The molecule has 166 valence electrons. The van der Waals surface area contributed by atoms with Gasteiger partial charge in [-0.15, -0.1) is 11.3 Å². The first-order valence-electron chi connectivity index (χ1n) is 10.4. The number of amides is 2. The quantitative estimate of drug-likeness (QED) is 0.540. The van der Waals surface area contributed by atoms with E-state index in [-0.39, 0.29) is 17.4 Å². The third-order valence-corrected chi connectivity index (χ3v) is 6.47. The Labute approximate surface area is 190 Å². The topological polar surface area (TPSA) is 102 Å². The SMILES string of the molecule is COc1ccc(C(=O)Nc2sc3c(c2C(=O)Nc2ccccn2)CCCCC3)c(OC)n1. The van der Waals surface area contributed by atoms with Crippen molar-refractivity contribution in [2.24, 2.45) is 0 Å². The minimum absolute atomic E-state index is 0.152. The minimum Gasteiger partial charge on any atom is -0.481 e. The summed E-state index contributed by atoms with van der Waals surface area (Å²) in [5, 5.41) is 6.30. The smallest absolute Gasteiger partial charge is 0.261 e. The van der Waals surface area contributed by atoms with Crippen LogP contribution in [0, 0.1) is 0 Å². The van der Waals surface area contributed by atoms with Crippen molar-refractivity contribution >= 4 is 34.0 Å². The highest BCUT2D eigenvalue weighted by Gasteiger charge is 2.27. The molecule has 1 aliphatic carbocycles. The minimum atomic E-state index is -0.403. The molecule has 3 aromatic heterocycles. The van der Waals surface area contributed by atoms with Gasteiger partial charge in [-0.1, -0.05) is 12.5 Å². The Hall–Kier alpha value is -3.46. The molecule has 0 fully saturated rings. The Balaban J connectivity index is 1.68. The van der Waals surface area contributed by atoms with Crippen molar-refractivity contribution in [2.75, 3.05) is 24.9 Å². The highest BCUT2D eigenvalue weighted by molar-refractivity contribution is 7.17. The van der Waals surface area contributed by atoms with Gasteiger partial charge in [0, 0.05) is 17.1 Å². The van der Waals surface area contributed by atoms with E-state index in [1.165, 1.54) is 25.6 Å². The molecule has 1 aliphatic rings. The number of methoxy groups -OCH3 is 2. The van der Waals surface area contributed by atoms with Crippen LogP contribution in [0.4, 0.5) is 10.8 Å². The number of carbonyl (C=O) groups is 2. The van der Waals surface area contributed by atoms with Gasteiger partial charge in [0.15, 0.2) is 0 Å². The number of nitrogens with zero attached hydrogens (tertiary/aromatic N) is 2. The van der Waals surface area contributed by atoms with Crippen LogP contribution < -0.4 is 20.1 Å². The number of ether oxygens (including phenoxy) is 2. The van der Waals surface area contributed by atoms with Crippen LogP contribution in [-0.4, -0.2) is 36.0 Å². The average molecular weight is 453 g/mol. The lowest BCUT2D eigenvalue weighted by Gasteiger charge is -2.11. The van der Waals surface area contributed by atoms with Gasteiger partial charge >= 0.3 is 0 Å². The van der Waals surface area contributed by atoms with Crippen molar-refractivity contribution in [3.63, 3.8) is 0 Å². The van der Waals surface area contributed by atoms with E-state index in [1.54, 1.807) is 30.5 Å². The van der Waals surface area contributed by atoms with Gasteiger partial charge < -0.3 is 20.1 Å². The zero-order chi connectivity index (χ0) is 22.5. The van der Waals surface area contributed by atoms with Gasteiger partial charge in [0.25, 0.3) is 11.8 Å². The first kappa shape index (κ1) is 21.8. The van der Waals surface area contributed by atoms with E-state index in [2.05, 4.69) is 20.6 Å². The molecule has 0 atom stereocenters. The van der Waals surface area contributed by atoms with Crippen molar-refractivity contribution in [3.05, 3.63) is 58.1 Å².